The Kier molecular flexibility index (Phi) is 4.58. The minimum atomic E-state index is -0.689. The van der Waals surface area contributed by atoms with E-state index >= 15 is 0 Å². The van der Waals surface area contributed by atoms with E-state index in [2.05, 4.69) is 10.4 Å². The van der Waals surface area contributed by atoms with Gasteiger partial charge in [0.2, 0.25) is 0 Å². The summed E-state index contributed by atoms with van der Waals surface area (Å²) >= 11 is 0. The Bertz CT molecular complexity index is 730. The van der Waals surface area contributed by atoms with Gasteiger partial charge in [-0.05, 0) is 37.7 Å². The lowest BCUT2D eigenvalue weighted by atomic mass is 9.91. The van der Waals surface area contributed by atoms with Gasteiger partial charge in [-0.25, -0.2) is 13.9 Å². The second-order valence-electron chi connectivity index (χ2n) is 6.80. The molecule has 2 aliphatic carbocycles. The molecule has 7 nitrogen and oxygen atoms in total. The first-order valence-electron chi connectivity index (χ1n) is 8.32. The van der Waals surface area contributed by atoms with Crippen molar-refractivity contribution in [1.29, 1.82) is 0 Å². The van der Waals surface area contributed by atoms with Crippen molar-refractivity contribution in [3.8, 4) is 0 Å². The molecule has 1 amide bonds. The number of carbonyl (C=O) groups is 1. The third kappa shape index (κ3) is 3.02. The third-order valence-electron chi connectivity index (χ3n) is 5.17. The highest BCUT2D eigenvalue weighted by molar-refractivity contribution is 5.92. The highest BCUT2D eigenvalue weighted by Crippen LogP contribution is 2.37. The molecule has 24 heavy (non-hydrogen) atoms. The maximum Gasteiger partial charge on any atom is 0.345 e. The monoisotopic (exact) mass is 338 g/mol. The Balaban J connectivity index is 1.61. The van der Waals surface area contributed by atoms with E-state index in [-0.39, 0.29) is 24.1 Å². The average molecular weight is 338 g/mol. The van der Waals surface area contributed by atoms with Gasteiger partial charge in [0, 0.05) is 32.5 Å². The minimum Gasteiger partial charge on any atom is -0.393 e. The summed E-state index contributed by atoms with van der Waals surface area (Å²) in [4.78, 5) is 23.6. The summed E-state index contributed by atoms with van der Waals surface area (Å²) in [5, 5.41) is 17.0. The van der Waals surface area contributed by atoms with Crippen molar-refractivity contribution in [3.63, 3.8) is 0 Å². The molecule has 2 saturated carbocycles. The lowest BCUT2D eigenvalue weighted by molar-refractivity contribution is -0.119. The molecular formula is C16H23FN4O3. The normalized spacial score (nSPS) is 26.3. The Hall–Kier alpha value is -1.96. The topological polar surface area (TPSA) is 89.2 Å². The fourth-order valence-electron chi connectivity index (χ4n) is 3.50. The van der Waals surface area contributed by atoms with Gasteiger partial charge in [0.25, 0.3) is 5.91 Å². The van der Waals surface area contributed by atoms with Crippen LogP contribution in [0.5, 0.6) is 0 Å². The predicted octanol–water partition coefficient (Wildman–Crippen LogP) is 0.497. The first-order chi connectivity index (χ1) is 11.4. The fraction of sp³-hybridized carbons (Fsp3) is 0.688. The van der Waals surface area contributed by atoms with Gasteiger partial charge in [-0.1, -0.05) is 0 Å². The zero-order chi connectivity index (χ0) is 17.4. The SMILES string of the molecule is Cn1nc([C@H]2C[C@H](CNC(=O)C(F)=C3CCC3)[C@H](O)C2)n(C)c1=O. The van der Waals surface area contributed by atoms with Crippen molar-refractivity contribution < 1.29 is 14.3 Å². The van der Waals surface area contributed by atoms with Gasteiger partial charge in [0.1, 0.15) is 5.82 Å². The number of nitrogens with one attached hydrogen (secondary N) is 1. The molecule has 0 aromatic carbocycles. The van der Waals surface area contributed by atoms with Crippen LogP contribution in [-0.4, -0.2) is 38.0 Å². The van der Waals surface area contributed by atoms with E-state index in [1.54, 1.807) is 14.1 Å². The van der Waals surface area contributed by atoms with E-state index in [0.29, 0.717) is 37.1 Å². The summed E-state index contributed by atoms with van der Waals surface area (Å²) in [6, 6.07) is 0. The van der Waals surface area contributed by atoms with Gasteiger partial charge in [0.15, 0.2) is 5.83 Å². The molecule has 1 aromatic heterocycles. The number of aryl methyl sites for hydroxylation is 1. The Morgan fingerprint density at radius 2 is 2.08 bits per heavy atom. The van der Waals surface area contributed by atoms with Crippen LogP contribution in [0.3, 0.4) is 0 Å². The van der Waals surface area contributed by atoms with E-state index < -0.39 is 17.8 Å². The minimum absolute atomic E-state index is 0.0457. The molecule has 0 radical (unpaired) electrons. The van der Waals surface area contributed by atoms with E-state index in [9.17, 15) is 19.1 Å². The molecule has 2 N–H and O–H groups in total. The molecular weight excluding hydrogens is 315 g/mol. The zero-order valence-electron chi connectivity index (χ0n) is 14.0. The highest BCUT2D eigenvalue weighted by Gasteiger charge is 2.36. The predicted molar refractivity (Wildman–Crippen MR) is 84.9 cm³/mol. The number of aliphatic hydroxyl groups is 1. The highest BCUT2D eigenvalue weighted by atomic mass is 19.1. The number of amides is 1. The Morgan fingerprint density at radius 3 is 2.62 bits per heavy atom. The number of carbonyl (C=O) groups excluding carboxylic acids is 1. The molecule has 0 unspecified atom stereocenters. The summed E-state index contributed by atoms with van der Waals surface area (Å²) in [5.74, 6) is -0.938. The number of allylic oxidation sites excluding steroid dienone is 1. The van der Waals surface area contributed by atoms with E-state index in [4.69, 9.17) is 0 Å². The maximum atomic E-state index is 13.8. The lowest BCUT2D eigenvalue weighted by Gasteiger charge is -2.18. The lowest BCUT2D eigenvalue weighted by Crippen LogP contribution is -2.33. The maximum absolute atomic E-state index is 13.8. The standard InChI is InChI=1S/C16H23FN4O3/c1-20-14(19-21(2)16(20)24)10-6-11(12(22)7-10)8-18-15(23)13(17)9-4-3-5-9/h10-12,22H,3-8H2,1-2H3,(H,18,23)/t10-,11+,12+/m0/s1. The second kappa shape index (κ2) is 6.51. The summed E-state index contributed by atoms with van der Waals surface area (Å²) in [7, 11) is 3.25. The molecule has 0 aliphatic heterocycles. The van der Waals surface area contributed by atoms with Gasteiger partial charge in [0.05, 0.1) is 6.10 Å². The second-order valence-corrected chi connectivity index (χ2v) is 6.80. The number of hydrogen-bond donors (Lipinski definition) is 2. The first-order valence-corrected chi connectivity index (χ1v) is 8.32. The number of nitrogens with zero attached hydrogens (tertiary/aromatic N) is 3. The van der Waals surface area contributed by atoms with Gasteiger partial charge in [-0.2, -0.15) is 5.10 Å². The van der Waals surface area contributed by atoms with Crippen LogP contribution in [-0.2, 0) is 18.9 Å². The molecule has 1 aromatic rings. The number of rotatable bonds is 4. The Labute approximate surface area is 139 Å². The van der Waals surface area contributed by atoms with Crippen LogP contribution in [0.2, 0.25) is 0 Å². The number of aliphatic hydroxyl groups excluding tert-OH is 1. The van der Waals surface area contributed by atoms with Crippen molar-refractivity contribution in [2.75, 3.05) is 6.54 Å². The molecule has 0 bridgehead atoms. The van der Waals surface area contributed by atoms with Crippen LogP contribution >= 0.6 is 0 Å². The van der Waals surface area contributed by atoms with Crippen molar-refractivity contribution in [2.45, 2.75) is 44.1 Å². The van der Waals surface area contributed by atoms with Crippen LogP contribution in [0.4, 0.5) is 4.39 Å². The van der Waals surface area contributed by atoms with Crippen molar-refractivity contribution in [1.82, 2.24) is 19.7 Å². The molecule has 8 heteroatoms. The first kappa shape index (κ1) is 16.9. The van der Waals surface area contributed by atoms with Gasteiger partial charge in [-0.3, -0.25) is 9.36 Å². The van der Waals surface area contributed by atoms with Crippen molar-refractivity contribution in [3.05, 3.63) is 27.7 Å². The van der Waals surface area contributed by atoms with Gasteiger partial charge < -0.3 is 10.4 Å². The number of halogens is 1. The molecule has 0 spiro atoms. The van der Waals surface area contributed by atoms with E-state index in [1.807, 2.05) is 0 Å². The van der Waals surface area contributed by atoms with Crippen LogP contribution in [0, 0.1) is 5.92 Å². The van der Waals surface area contributed by atoms with Gasteiger partial charge >= 0.3 is 5.69 Å². The third-order valence-corrected chi connectivity index (χ3v) is 5.17. The molecule has 1 heterocycles. The molecule has 2 aliphatic rings. The molecule has 132 valence electrons. The zero-order valence-corrected chi connectivity index (χ0v) is 14.0. The molecule has 3 rings (SSSR count). The van der Waals surface area contributed by atoms with Crippen LogP contribution in [0.1, 0.15) is 43.8 Å². The summed E-state index contributed by atoms with van der Waals surface area (Å²) in [6.07, 6.45) is 2.72. The van der Waals surface area contributed by atoms with Crippen LogP contribution in [0.15, 0.2) is 16.2 Å². The molecule has 2 fully saturated rings. The van der Waals surface area contributed by atoms with Gasteiger partial charge in [-0.15, -0.1) is 0 Å². The Morgan fingerprint density at radius 1 is 1.38 bits per heavy atom. The quantitative estimate of drug-likeness (QED) is 0.782. The molecule has 3 atom stereocenters. The van der Waals surface area contributed by atoms with Crippen LogP contribution in [0.25, 0.3) is 0 Å². The number of hydrogen-bond acceptors (Lipinski definition) is 4. The fourth-order valence-corrected chi connectivity index (χ4v) is 3.50. The summed E-state index contributed by atoms with van der Waals surface area (Å²) < 4.78 is 16.6. The summed E-state index contributed by atoms with van der Waals surface area (Å²) in [5.41, 5.74) is 0.381. The number of aromatic nitrogens is 3. The largest absolute Gasteiger partial charge is 0.393 e. The smallest absolute Gasteiger partial charge is 0.345 e. The van der Waals surface area contributed by atoms with Crippen LogP contribution < -0.4 is 11.0 Å². The molecule has 0 saturated heterocycles. The van der Waals surface area contributed by atoms with Crippen molar-refractivity contribution >= 4 is 5.91 Å². The van der Waals surface area contributed by atoms with Crippen molar-refractivity contribution in [2.24, 2.45) is 20.0 Å². The van der Waals surface area contributed by atoms with E-state index in [1.165, 1.54) is 9.25 Å². The summed E-state index contributed by atoms with van der Waals surface area (Å²) in [6.45, 7) is 0.220. The average Bonchev–Trinajstić information content (AvgIpc) is 2.98. The van der Waals surface area contributed by atoms with E-state index in [0.717, 1.165) is 6.42 Å².